The fourth-order valence-corrected chi connectivity index (χ4v) is 1.29. The molecule has 0 aromatic rings. The number of carbonyl (C=O) groups is 1. The number of carboxylic acid groups (broad SMARTS) is 1. The van der Waals surface area contributed by atoms with Gasteiger partial charge in [-0.25, -0.2) is 4.79 Å². The predicted molar refractivity (Wildman–Crippen MR) is 57.5 cm³/mol. The number of aliphatic carboxylic acids is 1. The summed E-state index contributed by atoms with van der Waals surface area (Å²) in [6.07, 6.45) is 1.11. The van der Waals surface area contributed by atoms with Crippen LogP contribution in [-0.4, -0.2) is 29.4 Å². The van der Waals surface area contributed by atoms with Crippen LogP contribution >= 0.6 is 0 Å². The maximum Gasteiger partial charge on any atom is 0.490 e. The van der Waals surface area contributed by atoms with Crippen LogP contribution in [0.25, 0.3) is 0 Å². The van der Waals surface area contributed by atoms with E-state index in [0.29, 0.717) is 5.47 Å². The van der Waals surface area contributed by atoms with Crippen molar-refractivity contribution in [3.05, 3.63) is 11.5 Å². The minimum Gasteiger partial charge on any atom is -0.478 e. The van der Waals surface area contributed by atoms with E-state index >= 15 is 0 Å². The highest BCUT2D eigenvalue weighted by Crippen LogP contribution is 2.38. The van der Waals surface area contributed by atoms with Crippen molar-refractivity contribution in [3.8, 4) is 0 Å². The van der Waals surface area contributed by atoms with Crippen molar-refractivity contribution in [2.75, 3.05) is 0 Å². The monoisotopic (exact) mass is 212 g/mol. The molecule has 4 nitrogen and oxygen atoms in total. The van der Waals surface area contributed by atoms with E-state index < -0.39 is 24.3 Å². The van der Waals surface area contributed by atoms with Crippen molar-refractivity contribution in [2.24, 2.45) is 0 Å². The molecule has 0 radical (unpaired) electrons. The molecule has 0 saturated carbocycles. The second-order valence-electron chi connectivity index (χ2n) is 4.81. The van der Waals surface area contributed by atoms with Gasteiger partial charge in [0.1, 0.15) is 0 Å². The third-order valence-corrected chi connectivity index (χ3v) is 2.98. The summed E-state index contributed by atoms with van der Waals surface area (Å²) >= 11 is 0. The summed E-state index contributed by atoms with van der Waals surface area (Å²) in [5, 5.41) is 8.62. The number of allylic oxidation sites excluding steroid dienone is 1. The first kappa shape index (κ1) is 12.3. The first-order chi connectivity index (χ1) is 6.66. The zero-order valence-corrected chi connectivity index (χ0v) is 9.83. The van der Waals surface area contributed by atoms with Gasteiger partial charge in [0, 0.05) is 6.08 Å². The smallest absolute Gasteiger partial charge is 0.478 e. The van der Waals surface area contributed by atoms with Crippen LogP contribution in [0, 0.1) is 0 Å². The van der Waals surface area contributed by atoms with Crippen LogP contribution in [0.1, 0.15) is 34.6 Å². The number of carboxylic acids is 1. The van der Waals surface area contributed by atoms with Gasteiger partial charge in [-0.3, -0.25) is 0 Å². The van der Waals surface area contributed by atoms with E-state index in [1.54, 1.807) is 6.92 Å². The molecule has 1 aliphatic rings. The van der Waals surface area contributed by atoms with E-state index in [0.717, 1.165) is 6.08 Å². The lowest BCUT2D eigenvalue weighted by Crippen LogP contribution is -2.41. The van der Waals surface area contributed by atoms with Crippen molar-refractivity contribution >= 4 is 13.1 Å². The largest absolute Gasteiger partial charge is 0.490 e. The molecule has 1 fully saturated rings. The Morgan fingerprint density at radius 3 is 1.93 bits per heavy atom. The lowest BCUT2D eigenvalue weighted by Gasteiger charge is -2.32. The Morgan fingerprint density at radius 1 is 1.20 bits per heavy atom. The molecule has 0 spiro atoms. The van der Waals surface area contributed by atoms with Gasteiger partial charge in [-0.1, -0.05) is 0 Å². The van der Waals surface area contributed by atoms with Crippen molar-refractivity contribution in [1.29, 1.82) is 0 Å². The van der Waals surface area contributed by atoms with Crippen LogP contribution in [0.4, 0.5) is 0 Å². The maximum atomic E-state index is 10.5. The quantitative estimate of drug-likeness (QED) is 0.558. The Labute approximate surface area is 90.4 Å². The number of rotatable bonds is 2. The summed E-state index contributed by atoms with van der Waals surface area (Å²) in [6, 6.07) is 0. The molecule has 84 valence electrons. The van der Waals surface area contributed by atoms with Gasteiger partial charge in [-0.05, 0) is 40.1 Å². The van der Waals surface area contributed by atoms with E-state index in [4.69, 9.17) is 14.4 Å². The molecule has 1 N–H and O–H groups in total. The summed E-state index contributed by atoms with van der Waals surface area (Å²) < 4.78 is 11.3. The van der Waals surface area contributed by atoms with Crippen LogP contribution in [-0.2, 0) is 14.1 Å². The topological polar surface area (TPSA) is 55.8 Å². The Balaban J connectivity index is 2.84. The zero-order valence-electron chi connectivity index (χ0n) is 9.83. The number of hydrogen-bond acceptors (Lipinski definition) is 3. The minimum absolute atomic E-state index is 0.425. The van der Waals surface area contributed by atoms with Gasteiger partial charge in [-0.15, -0.1) is 0 Å². The summed E-state index contributed by atoms with van der Waals surface area (Å²) in [5.41, 5.74) is -0.280. The molecule has 1 heterocycles. The molecule has 5 heteroatoms. The highest BCUT2D eigenvalue weighted by atomic mass is 16.7. The first-order valence-corrected chi connectivity index (χ1v) is 4.92. The minimum atomic E-state index is -0.984. The molecular formula is C10H17BO4. The Hall–Kier alpha value is -0.805. The fourth-order valence-electron chi connectivity index (χ4n) is 1.29. The van der Waals surface area contributed by atoms with E-state index in [-0.39, 0.29) is 0 Å². The summed E-state index contributed by atoms with van der Waals surface area (Å²) in [4.78, 5) is 10.5. The van der Waals surface area contributed by atoms with Gasteiger partial charge in [0.25, 0.3) is 0 Å². The summed E-state index contributed by atoms with van der Waals surface area (Å²) in [7, 11) is -0.564. The van der Waals surface area contributed by atoms with Gasteiger partial charge in [0.15, 0.2) is 0 Å². The molecule has 1 aliphatic heterocycles. The molecule has 0 amide bonds. The van der Waals surface area contributed by atoms with E-state index in [9.17, 15) is 4.79 Å². The Kier molecular flexibility index (Phi) is 2.98. The molecular weight excluding hydrogens is 195 g/mol. The molecule has 1 saturated heterocycles. The predicted octanol–water partition coefficient (Wildman–Crippen LogP) is 1.65. The standard InChI is InChI=1S/C10H17BO4/c1-7(6-8(12)13)11-14-9(2,3)10(4,5)15-11/h6H,1-5H3,(H,12,13)/b7-6+. The normalized spacial score (nSPS) is 24.3. The average molecular weight is 212 g/mol. The highest BCUT2D eigenvalue weighted by Gasteiger charge is 2.51. The fraction of sp³-hybridized carbons (Fsp3) is 0.700. The molecule has 0 unspecified atom stereocenters. The molecule has 0 atom stereocenters. The summed E-state index contributed by atoms with van der Waals surface area (Å²) in [6.45, 7) is 9.42. The Morgan fingerprint density at radius 2 is 1.60 bits per heavy atom. The zero-order chi connectivity index (χ0) is 11.9. The molecule has 0 aliphatic carbocycles. The third kappa shape index (κ3) is 2.41. The molecule has 0 aromatic carbocycles. The van der Waals surface area contributed by atoms with Crippen molar-refractivity contribution in [2.45, 2.75) is 45.8 Å². The van der Waals surface area contributed by atoms with E-state index in [1.165, 1.54) is 0 Å². The summed E-state index contributed by atoms with van der Waals surface area (Å²) in [5.74, 6) is -0.984. The van der Waals surface area contributed by atoms with Gasteiger partial charge in [-0.2, -0.15) is 0 Å². The van der Waals surface area contributed by atoms with E-state index in [1.807, 2.05) is 27.7 Å². The molecule has 0 aromatic heterocycles. The van der Waals surface area contributed by atoms with Gasteiger partial charge in [0.2, 0.25) is 0 Å². The van der Waals surface area contributed by atoms with Crippen molar-refractivity contribution < 1.29 is 19.2 Å². The third-order valence-electron chi connectivity index (χ3n) is 2.98. The molecule has 1 rings (SSSR count). The van der Waals surface area contributed by atoms with Crippen LogP contribution in [0.3, 0.4) is 0 Å². The highest BCUT2D eigenvalue weighted by molar-refractivity contribution is 6.54. The van der Waals surface area contributed by atoms with E-state index in [2.05, 4.69) is 0 Å². The van der Waals surface area contributed by atoms with Crippen LogP contribution < -0.4 is 0 Å². The van der Waals surface area contributed by atoms with Gasteiger partial charge < -0.3 is 14.4 Å². The van der Waals surface area contributed by atoms with Crippen molar-refractivity contribution in [1.82, 2.24) is 0 Å². The van der Waals surface area contributed by atoms with Gasteiger partial charge in [0.05, 0.1) is 11.2 Å². The molecule has 0 bridgehead atoms. The lowest BCUT2D eigenvalue weighted by atomic mass is 9.79. The second-order valence-corrected chi connectivity index (χ2v) is 4.81. The lowest BCUT2D eigenvalue weighted by molar-refractivity contribution is -0.131. The van der Waals surface area contributed by atoms with Crippen LogP contribution in [0.2, 0.25) is 0 Å². The van der Waals surface area contributed by atoms with Crippen LogP contribution in [0.15, 0.2) is 11.5 Å². The maximum absolute atomic E-state index is 10.5. The number of hydrogen-bond donors (Lipinski definition) is 1. The second kappa shape index (κ2) is 3.65. The first-order valence-electron chi connectivity index (χ1n) is 4.92. The van der Waals surface area contributed by atoms with Gasteiger partial charge >= 0.3 is 13.1 Å². The SMILES string of the molecule is C/C(=C\C(=O)O)B1OC(C)(C)C(C)(C)O1. The average Bonchev–Trinajstić information content (AvgIpc) is 2.20. The Bertz CT molecular complexity index is 291. The van der Waals surface area contributed by atoms with Crippen molar-refractivity contribution in [3.63, 3.8) is 0 Å². The van der Waals surface area contributed by atoms with Crippen LogP contribution in [0.5, 0.6) is 0 Å². The molecule has 15 heavy (non-hydrogen) atoms.